The molecule has 41 heavy (non-hydrogen) atoms. The Morgan fingerprint density at radius 1 is 1.20 bits per heavy atom. The summed E-state index contributed by atoms with van der Waals surface area (Å²) >= 11 is 6.83. The third kappa shape index (κ3) is 4.76. The first-order valence-corrected chi connectivity index (χ1v) is 14.3. The SMILES string of the molecule is C=CC(=O)N1C[C@H](C)N(c2nc(=O)n3c4c(c(-c5ccc(F)cc5F)c(Cl)cc24)OCC3CCN2CCC2)C[C@H]1C. The van der Waals surface area contributed by atoms with Crippen molar-refractivity contribution < 1.29 is 18.3 Å². The monoisotopic (exact) mass is 583 g/mol. The number of rotatable bonds is 6. The van der Waals surface area contributed by atoms with Gasteiger partial charge in [-0.3, -0.25) is 9.36 Å². The Morgan fingerprint density at radius 2 is 1.98 bits per heavy atom. The minimum atomic E-state index is -0.778. The van der Waals surface area contributed by atoms with E-state index in [0.717, 1.165) is 32.1 Å². The minimum Gasteiger partial charge on any atom is -0.488 e. The number of anilines is 1. The van der Waals surface area contributed by atoms with Crippen molar-refractivity contribution in [3.05, 3.63) is 64.1 Å². The van der Waals surface area contributed by atoms with Gasteiger partial charge < -0.3 is 19.4 Å². The topological polar surface area (TPSA) is 70.9 Å². The lowest BCUT2D eigenvalue weighted by Gasteiger charge is -2.45. The summed E-state index contributed by atoms with van der Waals surface area (Å²) in [5.41, 5.74) is 0.421. The summed E-state index contributed by atoms with van der Waals surface area (Å²) in [6.07, 6.45) is 3.16. The van der Waals surface area contributed by atoms with Crippen LogP contribution < -0.4 is 15.3 Å². The zero-order chi connectivity index (χ0) is 29.0. The molecule has 4 heterocycles. The molecule has 2 fully saturated rings. The maximum Gasteiger partial charge on any atom is 0.350 e. The molecule has 0 N–H and O–H groups in total. The Labute approximate surface area is 241 Å². The molecule has 3 aliphatic rings. The molecule has 11 heteroatoms. The van der Waals surface area contributed by atoms with Gasteiger partial charge in [0.2, 0.25) is 5.91 Å². The van der Waals surface area contributed by atoms with Gasteiger partial charge in [0.25, 0.3) is 0 Å². The standard InChI is InChI=1S/C30H32ClF2N5O3/c1-4-25(39)36-14-18(3)37(15-17(36)2)29-22-13-23(31)26(21-7-6-19(32)12-24(21)33)28-27(22)38(30(40)34-29)20(16-41-28)8-11-35-9-5-10-35/h4,6-7,12-13,17-18,20H,1,5,8-11,14-16H2,2-3H3/t17-,18+,20?/m1/s1. The second-order valence-electron chi connectivity index (χ2n) is 11.2. The predicted molar refractivity (Wildman–Crippen MR) is 155 cm³/mol. The number of likely N-dealkylation sites (tertiary alicyclic amines) is 1. The van der Waals surface area contributed by atoms with Crippen molar-refractivity contribution in [3.8, 4) is 16.9 Å². The van der Waals surface area contributed by atoms with E-state index in [0.29, 0.717) is 36.2 Å². The van der Waals surface area contributed by atoms with Crippen LogP contribution in [-0.2, 0) is 4.79 Å². The van der Waals surface area contributed by atoms with E-state index >= 15 is 4.39 Å². The summed E-state index contributed by atoms with van der Waals surface area (Å²) in [5.74, 6) is -0.918. The Bertz CT molecular complexity index is 1610. The Kier molecular flexibility index (Phi) is 7.23. The fraction of sp³-hybridized carbons (Fsp3) is 0.433. The van der Waals surface area contributed by atoms with Gasteiger partial charge in [-0.15, -0.1) is 0 Å². The molecule has 0 spiro atoms. The van der Waals surface area contributed by atoms with Crippen LogP contribution in [0, 0.1) is 11.6 Å². The lowest BCUT2D eigenvalue weighted by molar-refractivity contribution is -0.128. The number of carbonyl (C=O) groups excluding carboxylic acids is 1. The molecular weight excluding hydrogens is 552 g/mol. The maximum absolute atomic E-state index is 15.1. The van der Waals surface area contributed by atoms with Crippen LogP contribution in [0.25, 0.3) is 22.0 Å². The molecule has 1 aromatic heterocycles. The van der Waals surface area contributed by atoms with Crippen molar-refractivity contribution in [2.45, 2.75) is 44.8 Å². The summed E-state index contributed by atoms with van der Waals surface area (Å²) < 4.78 is 36.8. The quantitative estimate of drug-likeness (QED) is 0.394. The average Bonchev–Trinajstić information content (AvgIpc) is 2.91. The molecule has 0 aliphatic carbocycles. The molecule has 3 aromatic rings. The van der Waals surface area contributed by atoms with E-state index in [1.165, 1.54) is 18.2 Å². The Morgan fingerprint density at radius 3 is 2.66 bits per heavy atom. The van der Waals surface area contributed by atoms with Crippen molar-refractivity contribution in [3.63, 3.8) is 0 Å². The highest BCUT2D eigenvalue weighted by molar-refractivity contribution is 6.35. The zero-order valence-corrected chi connectivity index (χ0v) is 23.8. The van der Waals surface area contributed by atoms with Crippen molar-refractivity contribution in [1.82, 2.24) is 19.4 Å². The molecule has 0 saturated carbocycles. The Hall–Kier alpha value is -3.50. The van der Waals surface area contributed by atoms with E-state index in [9.17, 15) is 14.0 Å². The van der Waals surface area contributed by atoms with Crippen LogP contribution in [0.2, 0.25) is 5.02 Å². The minimum absolute atomic E-state index is 0.0863. The number of aromatic nitrogens is 2. The van der Waals surface area contributed by atoms with Gasteiger partial charge in [-0.25, -0.2) is 13.6 Å². The number of ether oxygens (including phenoxy) is 1. The number of piperazine rings is 1. The molecule has 1 amide bonds. The average molecular weight is 584 g/mol. The third-order valence-corrected chi connectivity index (χ3v) is 8.82. The number of halogens is 3. The largest absolute Gasteiger partial charge is 0.488 e. The van der Waals surface area contributed by atoms with Gasteiger partial charge in [0.1, 0.15) is 24.1 Å². The molecule has 0 radical (unpaired) electrons. The van der Waals surface area contributed by atoms with Gasteiger partial charge in [0, 0.05) is 54.3 Å². The molecule has 2 aromatic carbocycles. The van der Waals surface area contributed by atoms with Crippen molar-refractivity contribution in [2.24, 2.45) is 0 Å². The molecule has 1 unspecified atom stereocenters. The van der Waals surface area contributed by atoms with Crippen molar-refractivity contribution in [1.29, 1.82) is 0 Å². The number of hydrogen-bond acceptors (Lipinski definition) is 6. The van der Waals surface area contributed by atoms with Gasteiger partial charge in [-0.2, -0.15) is 4.98 Å². The Balaban J connectivity index is 1.53. The van der Waals surface area contributed by atoms with Crippen LogP contribution in [0.3, 0.4) is 0 Å². The van der Waals surface area contributed by atoms with Crippen LogP contribution in [0.4, 0.5) is 14.6 Å². The second-order valence-corrected chi connectivity index (χ2v) is 11.6. The number of hydrogen-bond donors (Lipinski definition) is 0. The maximum atomic E-state index is 15.1. The molecule has 3 atom stereocenters. The highest BCUT2D eigenvalue weighted by Crippen LogP contribution is 2.47. The van der Waals surface area contributed by atoms with Crippen LogP contribution in [-0.4, -0.2) is 76.7 Å². The van der Waals surface area contributed by atoms with Crippen molar-refractivity contribution in [2.75, 3.05) is 44.2 Å². The molecule has 6 rings (SSSR count). The van der Waals surface area contributed by atoms with Gasteiger partial charge in [-0.1, -0.05) is 18.2 Å². The van der Waals surface area contributed by atoms with Crippen LogP contribution in [0.15, 0.2) is 41.7 Å². The first-order chi connectivity index (χ1) is 19.7. The first-order valence-electron chi connectivity index (χ1n) is 14.0. The highest BCUT2D eigenvalue weighted by atomic mass is 35.5. The lowest BCUT2D eigenvalue weighted by atomic mass is 9.98. The van der Waals surface area contributed by atoms with Crippen LogP contribution in [0.5, 0.6) is 5.75 Å². The van der Waals surface area contributed by atoms with E-state index in [-0.39, 0.29) is 52.5 Å². The summed E-state index contributed by atoms with van der Waals surface area (Å²) in [6.45, 7) is 11.5. The zero-order valence-electron chi connectivity index (χ0n) is 23.1. The van der Waals surface area contributed by atoms with E-state index in [2.05, 4.69) is 16.5 Å². The van der Waals surface area contributed by atoms with Gasteiger partial charge in [-0.05, 0) is 64.1 Å². The highest BCUT2D eigenvalue weighted by Gasteiger charge is 2.36. The smallest absolute Gasteiger partial charge is 0.350 e. The second kappa shape index (κ2) is 10.7. The molecule has 0 bridgehead atoms. The number of benzene rings is 2. The van der Waals surface area contributed by atoms with Crippen molar-refractivity contribution >= 4 is 34.2 Å². The number of amides is 1. The van der Waals surface area contributed by atoms with E-state index in [1.807, 2.05) is 18.7 Å². The fourth-order valence-corrected chi connectivity index (χ4v) is 6.51. The van der Waals surface area contributed by atoms with Gasteiger partial charge in [0.05, 0.1) is 16.6 Å². The van der Waals surface area contributed by atoms with Gasteiger partial charge in [0.15, 0.2) is 5.75 Å². The van der Waals surface area contributed by atoms with Crippen LogP contribution >= 0.6 is 11.6 Å². The normalized spacial score (nSPS) is 22.4. The lowest BCUT2D eigenvalue weighted by Crippen LogP contribution is -2.58. The van der Waals surface area contributed by atoms with E-state index in [4.69, 9.17) is 16.3 Å². The van der Waals surface area contributed by atoms with Gasteiger partial charge >= 0.3 is 5.69 Å². The van der Waals surface area contributed by atoms with Crippen LogP contribution in [0.1, 0.15) is 32.7 Å². The summed E-state index contributed by atoms with van der Waals surface area (Å²) in [4.78, 5) is 36.9. The summed E-state index contributed by atoms with van der Waals surface area (Å²) in [6, 6.07) is 4.40. The molecule has 8 nitrogen and oxygen atoms in total. The number of carbonyl (C=O) groups is 1. The number of nitrogens with zero attached hydrogens (tertiary/aromatic N) is 5. The first kappa shape index (κ1) is 27.7. The predicted octanol–water partition coefficient (Wildman–Crippen LogP) is 4.64. The van der Waals surface area contributed by atoms with E-state index in [1.54, 1.807) is 15.5 Å². The fourth-order valence-electron chi connectivity index (χ4n) is 6.22. The molecule has 216 valence electrons. The summed E-state index contributed by atoms with van der Waals surface area (Å²) in [5, 5.41) is 0.804. The third-order valence-electron chi connectivity index (χ3n) is 8.53. The molecular formula is C30H32ClF2N5O3. The summed E-state index contributed by atoms with van der Waals surface area (Å²) in [7, 11) is 0. The molecule has 3 aliphatic heterocycles. The van der Waals surface area contributed by atoms with E-state index < -0.39 is 17.3 Å². The molecule has 2 saturated heterocycles.